The highest BCUT2D eigenvalue weighted by atomic mass is 32.2. The molecule has 0 saturated carbocycles. The number of carbonyl (C=O) groups is 2. The number of ether oxygens (including phenoxy) is 2. The van der Waals surface area contributed by atoms with E-state index in [1.807, 2.05) is 0 Å². The third kappa shape index (κ3) is 6.83. The fourth-order valence-electron chi connectivity index (χ4n) is 3.02. The molecule has 9 heteroatoms. The molecule has 1 aromatic rings. The zero-order valence-electron chi connectivity index (χ0n) is 18.5. The zero-order valence-corrected chi connectivity index (χ0v) is 19.3. The van der Waals surface area contributed by atoms with Crippen molar-refractivity contribution in [1.29, 1.82) is 0 Å². The Balaban J connectivity index is 2.30. The molecule has 1 amide bonds. The van der Waals surface area contributed by atoms with Crippen LogP contribution in [0.4, 0.5) is 9.59 Å². The van der Waals surface area contributed by atoms with Crippen LogP contribution in [0.25, 0.3) is 0 Å². The Bertz CT molecular complexity index is 766. The fourth-order valence-corrected chi connectivity index (χ4v) is 4.32. The number of hydrogen-bond donors (Lipinski definition) is 0. The van der Waals surface area contributed by atoms with Gasteiger partial charge in [-0.1, -0.05) is 0 Å². The summed E-state index contributed by atoms with van der Waals surface area (Å²) in [4.78, 5) is 31.2. The van der Waals surface area contributed by atoms with Crippen molar-refractivity contribution in [2.75, 3.05) is 18.6 Å². The van der Waals surface area contributed by atoms with Gasteiger partial charge < -0.3 is 14.4 Å². The summed E-state index contributed by atoms with van der Waals surface area (Å²) in [6.45, 7) is 11.0. The van der Waals surface area contributed by atoms with Gasteiger partial charge in [-0.3, -0.25) is 4.21 Å². The summed E-state index contributed by atoms with van der Waals surface area (Å²) in [6.07, 6.45) is 2.00. The smallest absolute Gasteiger partial charge is 0.420 e. The number of rotatable bonds is 3. The Labute approximate surface area is 175 Å². The number of carbonyl (C=O) groups excluding carboxylic acids is 2. The average Bonchev–Trinajstić information content (AvgIpc) is 2.96. The third-order valence-corrected chi connectivity index (χ3v) is 5.68. The van der Waals surface area contributed by atoms with E-state index in [0.29, 0.717) is 35.9 Å². The van der Waals surface area contributed by atoms with Crippen LogP contribution in [0.2, 0.25) is 0 Å². The van der Waals surface area contributed by atoms with E-state index < -0.39 is 34.2 Å². The molecule has 1 saturated heterocycles. The summed E-state index contributed by atoms with van der Waals surface area (Å²) in [5.41, 5.74) is -0.727. The van der Waals surface area contributed by atoms with Crippen LogP contribution in [0, 0.1) is 0 Å². The van der Waals surface area contributed by atoms with Crippen molar-refractivity contribution >= 4 is 23.0 Å². The second-order valence-corrected chi connectivity index (χ2v) is 11.1. The molecule has 1 aromatic heterocycles. The van der Waals surface area contributed by atoms with Crippen LogP contribution < -0.4 is 0 Å². The SMILES string of the molecule is CN(Cc1cnc(C2CCS(=O)CC2)n1C(=O)OC(C)(C)C)C(=O)OC(C)(C)C. The van der Waals surface area contributed by atoms with Gasteiger partial charge in [0, 0.05) is 35.3 Å². The van der Waals surface area contributed by atoms with E-state index in [2.05, 4.69) is 4.98 Å². The maximum atomic E-state index is 13.0. The number of aromatic nitrogens is 2. The molecule has 29 heavy (non-hydrogen) atoms. The molecule has 2 heterocycles. The predicted octanol–water partition coefficient (Wildman–Crippen LogP) is 3.66. The lowest BCUT2D eigenvalue weighted by Crippen LogP contribution is -2.35. The van der Waals surface area contributed by atoms with Gasteiger partial charge in [0.1, 0.15) is 17.0 Å². The minimum absolute atomic E-state index is 0.0285. The molecule has 0 unspecified atom stereocenters. The third-order valence-electron chi connectivity index (χ3n) is 4.30. The summed E-state index contributed by atoms with van der Waals surface area (Å²) < 4.78 is 24.2. The highest BCUT2D eigenvalue weighted by molar-refractivity contribution is 7.85. The van der Waals surface area contributed by atoms with E-state index in [-0.39, 0.29) is 12.5 Å². The minimum atomic E-state index is -0.809. The summed E-state index contributed by atoms with van der Waals surface area (Å²) in [5, 5.41) is 0. The van der Waals surface area contributed by atoms with Crippen LogP contribution in [0.3, 0.4) is 0 Å². The van der Waals surface area contributed by atoms with Crippen LogP contribution >= 0.6 is 0 Å². The van der Waals surface area contributed by atoms with Gasteiger partial charge in [-0.2, -0.15) is 0 Å². The predicted molar refractivity (Wildman–Crippen MR) is 111 cm³/mol. The molecule has 1 aliphatic heterocycles. The van der Waals surface area contributed by atoms with Crippen LogP contribution in [-0.4, -0.2) is 60.6 Å². The molecule has 164 valence electrons. The van der Waals surface area contributed by atoms with Crippen molar-refractivity contribution < 1.29 is 23.3 Å². The zero-order chi connectivity index (χ0) is 22.0. The number of imidazole rings is 1. The van der Waals surface area contributed by atoms with E-state index in [1.54, 1.807) is 54.8 Å². The highest BCUT2D eigenvalue weighted by Gasteiger charge is 2.30. The van der Waals surface area contributed by atoms with Gasteiger partial charge >= 0.3 is 12.2 Å². The van der Waals surface area contributed by atoms with Crippen LogP contribution in [0.5, 0.6) is 0 Å². The molecule has 2 rings (SSSR count). The highest BCUT2D eigenvalue weighted by Crippen LogP contribution is 2.29. The van der Waals surface area contributed by atoms with Crippen molar-refractivity contribution in [3.05, 3.63) is 17.7 Å². The Morgan fingerprint density at radius 3 is 2.21 bits per heavy atom. The molecule has 0 bridgehead atoms. The van der Waals surface area contributed by atoms with Gasteiger partial charge in [0.2, 0.25) is 0 Å². The van der Waals surface area contributed by atoms with Crippen molar-refractivity contribution in [1.82, 2.24) is 14.5 Å². The van der Waals surface area contributed by atoms with Gasteiger partial charge in [0.05, 0.1) is 18.4 Å². The molecule has 0 spiro atoms. The van der Waals surface area contributed by atoms with Crippen molar-refractivity contribution in [2.24, 2.45) is 0 Å². The molecule has 0 atom stereocenters. The average molecular weight is 428 g/mol. The number of nitrogens with zero attached hydrogens (tertiary/aromatic N) is 3. The van der Waals surface area contributed by atoms with Crippen LogP contribution in [0.15, 0.2) is 6.20 Å². The molecule has 0 N–H and O–H groups in total. The summed E-state index contributed by atoms with van der Waals surface area (Å²) in [6, 6.07) is 0. The standard InChI is InChI=1S/C20H33N3O5S/c1-19(2,3)27-17(24)22(7)13-15-12-21-16(14-8-10-29(26)11-9-14)23(15)18(25)28-20(4,5)6/h12,14H,8-11,13H2,1-7H3. The fraction of sp³-hybridized carbons (Fsp3) is 0.750. The Morgan fingerprint density at radius 2 is 1.69 bits per heavy atom. The van der Waals surface area contributed by atoms with E-state index >= 15 is 0 Å². The molecule has 8 nitrogen and oxygen atoms in total. The van der Waals surface area contributed by atoms with Crippen molar-refractivity contribution in [3.8, 4) is 0 Å². The summed E-state index contributed by atoms with van der Waals surface area (Å²) >= 11 is 0. The lowest BCUT2D eigenvalue weighted by molar-refractivity contribution is 0.0273. The normalized spacial score (nSPS) is 20.2. The van der Waals surface area contributed by atoms with E-state index in [9.17, 15) is 13.8 Å². The number of hydrogen-bond acceptors (Lipinski definition) is 6. The maximum absolute atomic E-state index is 13.0. The molecule has 1 aliphatic rings. The first-order chi connectivity index (χ1) is 13.3. The van der Waals surface area contributed by atoms with Crippen molar-refractivity contribution in [3.63, 3.8) is 0 Å². The maximum Gasteiger partial charge on any atom is 0.420 e. The first kappa shape index (κ1) is 23.4. The van der Waals surface area contributed by atoms with Gasteiger partial charge in [-0.05, 0) is 54.4 Å². The van der Waals surface area contributed by atoms with Crippen LogP contribution in [-0.2, 0) is 26.8 Å². The minimum Gasteiger partial charge on any atom is -0.444 e. The van der Waals surface area contributed by atoms with Gasteiger partial charge in [-0.25, -0.2) is 19.1 Å². The first-order valence-corrected chi connectivity index (χ1v) is 11.3. The lowest BCUT2D eigenvalue weighted by atomic mass is 10.0. The van der Waals surface area contributed by atoms with E-state index in [0.717, 1.165) is 0 Å². The molecule has 1 fully saturated rings. The Kier molecular flexibility index (Phi) is 7.14. The lowest BCUT2D eigenvalue weighted by Gasteiger charge is -2.26. The van der Waals surface area contributed by atoms with Crippen molar-refractivity contribution in [2.45, 2.75) is 78.0 Å². The Hall–Kier alpha value is -1.90. The van der Waals surface area contributed by atoms with Gasteiger partial charge in [0.25, 0.3) is 0 Å². The van der Waals surface area contributed by atoms with E-state index in [4.69, 9.17) is 9.47 Å². The quantitative estimate of drug-likeness (QED) is 0.731. The molecular weight excluding hydrogens is 394 g/mol. The second-order valence-electron chi connectivity index (χ2n) is 9.38. The second kappa shape index (κ2) is 8.85. The summed E-state index contributed by atoms with van der Waals surface area (Å²) in [5.74, 6) is 1.82. The molecule has 0 radical (unpaired) electrons. The molecule has 0 aromatic carbocycles. The largest absolute Gasteiger partial charge is 0.444 e. The Morgan fingerprint density at radius 1 is 1.14 bits per heavy atom. The number of amides is 1. The van der Waals surface area contributed by atoms with Crippen LogP contribution in [0.1, 0.15) is 71.8 Å². The molecular formula is C20H33N3O5S. The monoisotopic (exact) mass is 427 g/mol. The summed E-state index contributed by atoms with van der Waals surface area (Å²) in [7, 11) is 0.806. The van der Waals surface area contributed by atoms with Gasteiger partial charge in [-0.15, -0.1) is 0 Å². The van der Waals surface area contributed by atoms with E-state index in [1.165, 1.54) is 9.47 Å². The molecule has 0 aliphatic carbocycles. The first-order valence-electron chi connectivity index (χ1n) is 9.86. The van der Waals surface area contributed by atoms with Gasteiger partial charge in [0.15, 0.2) is 0 Å². The topological polar surface area (TPSA) is 90.7 Å².